The van der Waals surface area contributed by atoms with Gasteiger partial charge in [-0.3, -0.25) is 0 Å². The van der Waals surface area contributed by atoms with Crippen molar-refractivity contribution in [3.8, 4) is 0 Å². The van der Waals surface area contributed by atoms with Gasteiger partial charge in [-0.1, -0.05) is 96.8 Å². The molecule has 1 atom stereocenters. The summed E-state index contributed by atoms with van der Waals surface area (Å²) < 4.78 is 0. The first-order valence-electron chi connectivity index (χ1n) is 11.7. The van der Waals surface area contributed by atoms with Crippen molar-refractivity contribution in [1.29, 1.82) is 0 Å². The van der Waals surface area contributed by atoms with E-state index in [1.54, 1.807) is 0 Å². The number of hydrogen-bond acceptors (Lipinski definition) is 1. The molecule has 1 aliphatic rings. The molecule has 0 bridgehead atoms. The van der Waals surface area contributed by atoms with Crippen molar-refractivity contribution in [2.24, 2.45) is 0 Å². The zero-order chi connectivity index (χ0) is 18.2. The van der Waals surface area contributed by atoms with E-state index < -0.39 is 0 Å². The van der Waals surface area contributed by atoms with Crippen LogP contribution >= 0.6 is 0 Å². The van der Waals surface area contributed by atoms with Gasteiger partial charge in [-0.05, 0) is 19.3 Å². The minimum atomic E-state index is 0.0787. The van der Waals surface area contributed by atoms with Crippen molar-refractivity contribution in [2.45, 2.75) is 141 Å². The maximum absolute atomic E-state index is 12.1. The van der Waals surface area contributed by atoms with Gasteiger partial charge in [-0.15, -0.1) is 0 Å². The van der Waals surface area contributed by atoms with E-state index in [1.807, 2.05) is 7.05 Å². The van der Waals surface area contributed by atoms with Crippen LogP contribution in [0.3, 0.4) is 0 Å². The number of rotatable bonds is 16. The lowest BCUT2D eigenvalue weighted by Crippen LogP contribution is -3.13. The number of hydrogen-bond donors (Lipinski definition) is 1. The van der Waals surface area contributed by atoms with Gasteiger partial charge in [0.05, 0.1) is 12.6 Å². The van der Waals surface area contributed by atoms with E-state index in [9.17, 15) is 5.21 Å². The molecule has 1 aliphatic carbocycles. The van der Waals surface area contributed by atoms with Crippen molar-refractivity contribution >= 4 is 0 Å². The maximum Gasteiger partial charge on any atom is 0.0971 e. The highest BCUT2D eigenvalue weighted by Gasteiger charge is 2.35. The molecule has 0 heterocycles. The molecule has 2 heteroatoms. The van der Waals surface area contributed by atoms with Gasteiger partial charge in [-0.2, -0.15) is 0 Å². The van der Waals surface area contributed by atoms with Gasteiger partial charge in [0, 0.05) is 19.3 Å². The Bertz CT molecular complexity index is 284. The molecule has 0 amide bonds. The molecule has 0 aliphatic heterocycles. The molecule has 150 valence electrons. The van der Waals surface area contributed by atoms with E-state index >= 15 is 0 Å². The van der Waals surface area contributed by atoms with Crippen LogP contribution in [0.2, 0.25) is 0 Å². The fourth-order valence-electron chi connectivity index (χ4n) is 4.66. The summed E-state index contributed by atoms with van der Waals surface area (Å²) in [4.78, 5) is 0. The Hall–Kier alpha value is -0.0800. The minimum Gasteiger partial charge on any atom is -0.634 e. The standard InChI is InChI=1S/C23H47NO/c1-3-4-5-6-7-8-9-10-11-12-13-14-15-17-20-23(24(2)25)21-18-16-19-22-23/h24H,3-22H2,1-2H3. The second-order valence-corrected chi connectivity index (χ2v) is 8.74. The largest absolute Gasteiger partial charge is 0.634 e. The molecule has 0 aromatic rings. The third-order valence-corrected chi connectivity index (χ3v) is 6.57. The summed E-state index contributed by atoms with van der Waals surface area (Å²) in [6.07, 6.45) is 27.1. The van der Waals surface area contributed by atoms with Gasteiger partial charge < -0.3 is 10.3 Å². The highest BCUT2D eigenvalue weighted by atomic mass is 16.5. The molecule has 1 fully saturated rings. The fraction of sp³-hybridized carbons (Fsp3) is 1.00. The molecule has 0 spiro atoms. The van der Waals surface area contributed by atoms with Gasteiger partial charge in [0.15, 0.2) is 0 Å². The summed E-state index contributed by atoms with van der Waals surface area (Å²) in [7, 11) is 1.84. The third-order valence-electron chi connectivity index (χ3n) is 6.57. The van der Waals surface area contributed by atoms with E-state index in [1.165, 1.54) is 128 Å². The first-order valence-corrected chi connectivity index (χ1v) is 11.7. The fourth-order valence-corrected chi connectivity index (χ4v) is 4.66. The Balaban J connectivity index is 1.87. The zero-order valence-electron chi connectivity index (χ0n) is 17.6. The number of hydroxylamine groups is 2. The van der Waals surface area contributed by atoms with Crippen LogP contribution in [0.5, 0.6) is 0 Å². The average Bonchev–Trinajstić information content (AvgIpc) is 2.62. The quantitative estimate of drug-likeness (QED) is 0.246. The Labute approximate surface area is 158 Å². The van der Waals surface area contributed by atoms with Crippen molar-refractivity contribution in [3.05, 3.63) is 5.21 Å². The van der Waals surface area contributed by atoms with Crippen LogP contribution in [0, 0.1) is 5.21 Å². The van der Waals surface area contributed by atoms with E-state index in [4.69, 9.17) is 0 Å². The summed E-state index contributed by atoms with van der Waals surface area (Å²) in [6.45, 7) is 2.29. The number of unbranched alkanes of at least 4 members (excludes halogenated alkanes) is 13. The molecule has 2 nitrogen and oxygen atoms in total. The second-order valence-electron chi connectivity index (χ2n) is 8.74. The molecule has 1 N–H and O–H groups in total. The average molecular weight is 354 g/mol. The smallest absolute Gasteiger partial charge is 0.0971 e. The van der Waals surface area contributed by atoms with E-state index in [2.05, 4.69) is 6.92 Å². The molecule has 0 saturated heterocycles. The van der Waals surface area contributed by atoms with Crippen molar-refractivity contribution < 1.29 is 5.06 Å². The van der Waals surface area contributed by atoms with Crippen LogP contribution < -0.4 is 5.06 Å². The molecule has 0 aromatic heterocycles. The molecule has 25 heavy (non-hydrogen) atoms. The Morgan fingerprint density at radius 1 is 0.640 bits per heavy atom. The predicted molar refractivity (Wildman–Crippen MR) is 111 cm³/mol. The monoisotopic (exact) mass is 353 g/mol. The summed E-state index contributed by atoms with van der Waals surface area (Å²) in [6, 6.07) is 0. The van der Waals surface area contributed by atoms with E-state index in [-0.39, 0.29) is 5.54 Å². The SMILES string of the molecule is CCCCCCCCCCCCCCCCC1([NH+](C)[O-])CCCCC1. The molecular weight excluding hydrogens is 306 g/mol. The van der Waals surface area contributed by atoms with Gasteiger partial charge in [0.1, 0.15) is 0 Å². The summed E-state index contributed by atoms with van der Waals surface area (Å²) in [5.41, 5.74) is 0.0787. The molecular formula is C23H47NO. The first kappa shape index (κ1) is 23.0. The highest BCUT2D eigenvalue weighted by molar-refractivity contribution is 4.82. The Kier molecular flexibility index (Phi) is 13.8. The Morgan fingerprint density at radius 3 is 1.44 bits per heavy atom. The third kappa shape index (κ3) is 10.6. The van der Waals surface area contributed by atoms with Crippen molar-refractivity contribution in [1.82, 2.24) is 0 Å². The van der Waals surface area contributed by atoms with E-state index in [0.29, 0.717) is 5.06 Å². The normalized spacial score (nSPS) is 18.4. The lowest BCUT2D eigenvalue weighted by atomic mass is 9.78. The zero-order valence-corrected chi connectivity index (χ0v) is 17.6. The molecule has 1 unspecified atom stereocenters. The summed E-state index contributed by atoms with van der Waals surface area (Å²) >= 11 is 0. The lowest BCUT2D eigenvalue weighted by Gasteiger charge is -2.44. The van der Waals surface area contributed by atoms with Crippen LogP contribution in [0.15, 0.2) is 0 Å². The lowest BCUT2D eigenvalue weighted by molar-refractivity contribution is -0.888. The molecule has 0 aromatic carbocycles. The van der Waals surface area contributed by atoms with Gasteiger partial charge in [0.2, 0.25) is 0 Å². The number of nitrogens with one attached hydrogen (secondary N) is 1. The van der Waals surface area contributed by atoms with Gasteiger partial charge >= 0.3 is 0 Å². The van der Waals surface area contributed by atoms with Crippen LogP contribution in [-0.4, -0.2) is 12.6 Å². The number of quaternary nitrogens is 1. The molecule has 1 rings (SSSR count). The summed E-state index contributed by atoms with van der Waals surface area (Å²) in [5, 5.41) is 12.6. The maximum atomic E-state index is 12.1. The molecule has 0 radical (unpaired) electrons. The van der Waals surface area contributed by atoms with E-state index in [0.717, 1.165) is 0 Å². The van der Waals surface area contributed by atoms with Crippen LogP contribution in [0.1, 0.15) is 135 Å². The van der Waals surface area contributed by atoms with Gasteiger partial charge in [0.25, 0.3) is 0 Å². The predicted octanol–water partition coefficient (Wildman–Crippen LogP) is 6.57. The summed E-state index contributed by atoms with van der Waals surface area (Å²) in [5.74, 6) is 0. The highest BCUT2D eigenvalue weighted by Crippen LogP contribution is 2.30. The van der Waals surface area contributed by atoms with Crippen molar-refractivity contribution in [3.63, 3.8) is 0 Å². The van der Waals surface area contributed by atoms with Crippen LogP contribution in [-0.2, 0) is 0 Å². The minimum absolute atomic E-state index is 0.0787. The molecule has 1 saturated carbocycles. The topological polar surface area (TPSA) is 27.5 Å². The second kappa shape index (κ2) is 15.0. The van der Waals surface area contributed by atoms with Crippen LogP contribution in [0.25, 0.3) is 0 Å². The van der Waals surface area contributed by atoms with Crippen molar-refractivity contribution in [2.75, 3.05) is 7.05 Å². The van der Waals surface area contributed by atoms with Crippen LogP contribution in [0.4, 0.5) is 0 Å². The van der Waals surface area contributed by atoms with Gasteiger partial charge in [-0.25, -0.2) is 0 Å². The Morgan fingerprint density at radius 2 is 1.04 bits per heavy atom. The first-order chi connectivity index (χ1) is 12.2.